The average Bonchev–Trinajstić information content (AvgIpc) is 2.42. The zero-order chi connectivity index (χ0) is 13.0. The van der Waals surface area contributed by atoms with Gasteiger partial charge in [-0.15, -0.1) is 0 Å². The first-order chi connectivity index (χ1) is 8.74. The number of anilines is 1. The van der Waals surface area contributed by atoms with Gasteiger partial charge in [-0.1, -0.05) is 12.7 Å². The lowest BCUT2D eigenvalue weighted by Gasteiger charge is -2.25. The van der Waals surface area contributed by atoms with E-state index in [2.05, 4.69) is 11.9 Å². The van der Waals surface area contributed by atoms with Crippen LogP contribution >= 0.6 is 0 Å². The minimum atomic E-state index is -0.407. The molecule has 0 unspecified atom stereocenters. The number of nitrogens with zero attached hydrogens (tertiary/aromatic N) is 1. The number of nitriles is 1. The van der Waals surface area contributed by atoms with Crippen molar-refractivity contribution >= 4 is 11.8 Å². The van der Waals surface area contributed by atoms with Gasteiger partial charge in [0, 0.05) is 19.3 Å². The molecule has 0 aliphatic carbocycles. The molecule has 1 heterocycles. The van der Waals surface area contributed by atoms with Crippen LogP contribution in [-0.2, 0) is 4.74 Å². The highest BCUT2D eigenvalue weighted by atomic mass is 19.1. The quantitative estimate of drug-likeness (QED) is 0.891. The molecule has 1 saturated heterocycles. The first-order valence-corrected chi connectivity index (χ1v) is 5.95. The van der Waals surface area contributed by atoms with Crippen molar-refractivity contribution in [1.29, 1.82) is 5.26 Å². The smallest absolute Gasteiger partial charge is 0.148 e. The summed E-state index contributed by atoms with van der Waals surface area (Å²) in [6.45, 7) is 4.92. The fourth-order valence-electron chi connectivity index (χ4n) is 2.03. The van der Waals surface area contributed by atoms with Gasteiger partial charge in [0.25, 0.3) is 0 Å². The minimum absolute atomic E-state index is 0.162. The van der Waals surface area contributed by atoms with Crippen molar-refractivity contribution in [3.63, 3.8) is 0 Å². The van der Waals surface area contributed by atoms with Gasteiger partial charge in [0.1, 0.15) is 11.9 Å². The van der Waals surface area contributed by atoms with Crippen molar-refractivity contribution in [3.8, 4) is 6.07 Å². The van der Waals surface area contributed by atoms with Crippen molar-refractivity contribution in [2.24, 2.45) is 0 Å². The van der Waals surface area contributed by atoms with Gasteiger partial charge in [-0.2, -0.15) is 5.26 Å². The zero-order valence-corrected chi connectivity index (χ0v) is 10.1. The van der Waals surface area contributed by atoms with Crippen LogP contribution in [0.15, 0.2) is 18.7 Å². The lowest BCUT2D eigenvalue weighted by atomic mass is 10.1. The van der Waals surface area contributed by atoms with Crippen LogP contribution in [0.25, 0.3) is 6.08 Å². The molecular weight excluding hydrogens is 231 g/mol. The predicted molar refractivity (Wildman–Crippen MR) is 68.7 cm³/mol. The molecule has 0 bridgehead atoms. The second-order valence-electron chi connectivity index (χ2n) is 4.27. The van der Waals surface area contributed by atoms with Gasteiger partial charge >= 0.3 is 0 Å². The Kier molecular flexibility index (Phi) is 3.96. The summed E-state index contributed by atoms with van der Waals surface area (Å²) >= 11 is 0. The van der Waals surface area contributed by atoms with Crippen molar-refractivity contribution in [2.45, 2.75) is 18.9 Å². The molecule has 0 amide bonds. The van der Waals surface area contributed by atoms with E-state index in [4.69, 9.17) is 10.00 Å². The third-order valence-corrected chi connectivity index (χ3v) is 3.04. The van der Waals surface area contributed by atoms with Gasteiger partial charge in [-0.25, -0.2) is 4.39 Å². The van der Waals surface area contributed by atoms with Gasteiger partial charge in [-0.05, 0) is 30.5 Å². The van der Waals surface area contributed by atoms with Gasteiger partial charge in [0.2, 0.25) is 0 Å². The van der Waals surface area contributed by atoms with E-state index in [0.717, 1.165) is 12.8 Å². The Morgan fingerprint density at radius 2 is 2.17 bits per heavy atom. The minimum Gasteiger partial charge on any atom is -0.381 e. The van der Waals surface area contributed by atoms with Crippen LogP contribution in [0.5, 0.6) is 0 Å². The Balaban J connectivity index is 2.26. The van der Waals surface area contributed by atoms with E-state index >= 15 is 0 Å². The second-order valence-corrected chi connectivity index (χ2v) is 4.27. The third kappa shape index (κ3) is 2.69. The first-order valence-electron chi connectivity index (χ1n) is 5.95. The molecule has 1 aromatic carbocycles. The van der Waals surface area contributed by atoms with Gasteiger partial charge < -0.3 is 10.1 Å². The van der Waals surface area contributed by atoms with E-state index in [9.17, 15) is 4.39 Å². The molecule has 4 heteroatoms. The molecule has 1 N–H and O–H groups in total. The number of halogens is 1. The lowest BCUT2D eigenvalue weighted by Crippen LogP contribution is -2.28. The highest BCUT2D eigenvalue weighted by Crippen LogP contribution is 2.24. The Hall–Kier alpha value is -1.86. The maximum absolute atomic E-state index is 13.9. The topological polar surface area (TPSA) is 45.0 Å². The predicted octanol–water partition coefficient (Wildman–Crippen LogP) is 2.93. The summed E-state index contributed by atoms with van der Waals surface area (Å²) in [5.74, 6) is -0.407. The van der Waals surface area contributed by atoms with Gasteiger partial charge in [-0.3, -0.25) is 0 Å². The summed E-state index contributed by atoms with van der Waals surface area (Å²) in [6, 6.07) is 5.20. The maximum Gasteiger partial charge on any atom is 0.148 e. The molecule has 0 aromatic heterocycles. The maximum atomic E-state index is 13.9. The number of benzene rings is 1. The van der Waals surface area contributed by atoms with Gasteiger partial charge in [0.15, 0.2) is 0 Å². The van der Waals surface area contributed by atoms with Crippen molar-refractivity contribution in [3.05, 3.63) is 35.7 Å². The van der Waals surface area contributed by atoms with E-state index in [1.807, 2.05) is 6.07 Å². The largest absolute Gasteiger partial charge is 0.381 e. The van der Waals surface area contributed by atoms with E-state index < -0.39 is 5.82 Å². The zero-order valence-electron chi connectivity index (χ0n) is 10.1. The summed E-state index contributed by atoms with van der Waals surface area (Å²) in [7, 11) is 0. The Morgan fingerprint density at radius 1 is 1.44 bits per heavy atom. The molecule has 94 valence electrons. The lowest BCUT2D eigenvalue weighted by molar-refractivity contribution is 0.0904. The Morgan fingerprint density at radius 3 is 2.78 bits per heavy atom. The van der Waals surface area contributed by atoms with E-state index in [-0.39, 0.29) is 11.7 Å². The molecule has 0 saturated carbocycles. The van der Waals surface area contributed by atoms with Crippen LogP contribution in [0, 0.1) is 17.1 Å². The Labute approximate surface area is 106 Å². The number of ether oxygens (including phenoxy) is 1. The first kappa shape index (κ1) is 12.6. The molecule has 1 fully saturated rings. The van der Waals surface area contributed by atoms with Crippen LogP contribution in [0.2, 0.25) is 0 Å². The van der Waals surface area contributed by atoms with Crippen molar-refractivity contribution in [1.82, 2.24) is 0 Å². The molecule has 0 spiro atoms. The standard InChI is InChI=1S/C14H15FN2O/c1-2-10-7-11(9-16)14(13(15)8-10)17-12-3-5-18-6-4-12/h2,7-8,12,17H,1,3-6H2. The van der Waals surface area contributed by atoms with Crippen LogP contribution < -0.4 is 5.32 Å². The molecule has 3 nitrogen and oxygen atoms in total. The number of hydrogen-bond acceptors (Lipinski definition) is 3. The van der Waals surface area contributed by atoms with Crippen molar-refractivity contribution in [2.75, 3.05) is 18.5 Å². The van der Waals surface area contributed by atoms with E-state index in [1.165, 1.54) is 12.1 Å². The number of nitrogens with one attached hydrogen (secondary N) is 1. The average molecular weight is 246 g/mol. The van der Waals surface area contributed by atoms with Crippen LogP contribution in [-0.4, -0.2) is 19.3 Å². The van der Waals surface area contributed by atoms with E-state index in [1.54, 1.807) is 6.07 Å². The third-order valence-electron chi connectivity index (χ3n) is 3.04. The number of rotatable bonds is 3. The van der Waals surface area contributed by atoms with Gasteiger partial charge in [0.05, 0.1) is 11.3 Å². The molecule has 0 atom stereocenters. The summed E-state index contributed by atoms with van der Waals surface area (Å²) in [6.07, 6.45) is 3.18. The molecule has 1 aromatic rings. The van der Waals surface area contributed by atoms with Crippen LogP contribution in [0.3, 0.4) is 0 Å². The number of hydrogen-bond donors (Lipinski definition) is 1. The molecule has 18 heavy (non-hydrogen) atoms. The monoisotopic (exact) mass is 246 g/mol. The molecule has 2 rings (SSSR count). The summed E-state index contributed by atoms with van der Waals surface area (Å²) in [5.41, 5.74) is 1.22. The summed E-state index contributed by atoms with van der Waals surface area (Å²) < 4.78 is 19.2. The second kappa shape index (κ2) is 5.65. The van der Waals surface area contributed by atoms with Crippen LogP contribution in [0.4, 0.5) is 10.1 Å². The van der Waals surface area contributed by atoms with E-state index in [0.29, 0.717) is 24.3 Å². The highest BCUT2D eigenvalue weighted by Gasteiger charge is 2.17. The van der Waals surface area contributed by atoms with Crippen molar-refractivity contribution < 1.29 is 9.13 Å². The molecular formula is C14H15FN2O. The SMILES string of the molecule is C=Cc1cc(F)c(NC2CCOCC2)c(C#N)c1. The molecule has 1 aliphatic heterocycles. The Bertz CT molecular complexity index is 487. The van der Waals surface area contributed by atoms with Crippen LogP contribution in [0.1, 0.15) is 24.0 Å². The molecule has 0 radical (unpaired) electrons. The fraction of sp³-hybridized carbons (Fsp3) is 0.357. The highest BCUT2D eigenvalue weighted by molar-refractivity contribution is 5.64. The summed E-state index contributed by atoms with van der Waals surface area (Å²) in [4.78, 5) is 0. The normalized spacial score (nSPS) is 16.0. The fourth-order valence-corrected chi connectivity index (χ4v) is 2.03. The summed E-state index contributed by atoms with van der Waals surface area (Å²) in [5, 5.41) is 12.2. The molecule has 1 aliphatic rings.